The largest absolute Gasteiger partial charge is 0.480 e. The lowest BCUT2D eigenvalue weighted by Gasteiger charge is -2.43. The van der Waals surface area contributed by atoms with Gasteiger partial charge in [-0.1, -0.05) is 30.3 Å². The molecule has 1 N–H and O–H groups in total. The molecule has 1 atom stereocenters. The topological polar surface area (TPSA) is 96.1 Å². The summed E-state index contributed by atoms with van der Waals surface area (Å²) in [6.07, 6.45) is 2.64. The molecule has 0 saturated carbocycles. The Balaban J connectivity index is 1.82. The summed E-state index contributed by atoms with van der Waals surface area (Å²) in [6.45, 7) is 9.39. The number of carbonyl (C=O) groups excluding carboxylic acids is 1. The van der Waals surface area contributed by atoms with E-state index in [1.54, 1.807) is 24.9 Å². The molecular formula is C25H29N3O5S. The van der Waals surface area contributed by atoms with Crippen molar-refractivity contribution in [3.8, 4) is 10.8 Å². The van der Waals surface area contributed by atoms with Gasteiger partial charge in [0.05, 0.1) is 30.3 Å². The molecule has 2 aromatic heterocycles. The number of benzene rings is 1. The van der Waals surface area contributed by atoms with Crippen LogP contribution in [0.15, 0.2) is 47.2 Å². The maximum absolute atomic E-state index is 13.8. The molecule has 4 rings (SSSR count). The van der Waals surface area contributed by atoms with Crippen LogP contribution in [0, 0.1) is 6.92 Å². The lowest BCUT2D eigenvalue weighted by molar-refractivity contribution is -0.147. The van der Waals surface area contributed by atoms with Gasteiger partial charge in [0.1, 0.15) is 22.9 Å². The smallest absolute Gasteiger partial charge is 0.329 e. The van der Waals surface area contributed by atoms with Gasteiger partial charge in [-0.25, -0.2) is 14.6 Å². The molecule has 0 spiro atoms. The molecule has 3 aromatic rings. The van der Waals surface area contributed by atoms with Gasteiger partial charge < -0.3 is 19.2 Å². The number of hydrogen-bond acceptors (Lipinski definition) is 6. The molecule has 1 aliphatic rings. The van der Waals surface area contributed by atoms with E-state index >= 15 is 0 Å². The molecule has 9 heteroatoms. The first-order valence-electron chi connectivity index (χ1n) is 11.2. The first-order valence-corrected chi connectivity index (χ1v) is 12.0. The number of anilines is 1. The van der Waals surface area contributed by atoms with Crippen molar-refractivity contribution in [2.24, 2.45) is 0 Å². The maximum Gasteiger partial charge on any atom is 0.329 e. The van der Waals surface area contributed by atoms with Crippen molar-refractivity contribution >= 4 is 28.3 Å². The summed E-state index contributed by atoms with van der Waals surface area (Å²) in [4.78, 5) is 34.1. The van der Waals surface area contributed by atoms with Crippen LogP contribution in [0.2, 0.25) is 0 Å². The van der Waals surface area contributed by atoms with E-state index in [0.29, 0.717) is 5.89 Å². The first-order chi connectivity index (χ1) is 16.1. The Bertz CT molecular complexity index is 1170. The van der Waals surface area contributed by atoms with Crippen LogP contribution in [0.4, 0.5) is 9.80 Å². The van der Waals surface area contributed by atoms with Crippen molar-refractivity contribution in [3.63, 3.8) is 0 Å². The predicted octanol–water partition coefficient (Wildman–Crippen LogP) is 5.48. The van der Waals surface area contributed by atoms with Crippen LogP contribution < -0.4 is 4.90 Å². The van der Waals surface area contributed by atoms with Crippen molar-refractivity contribution in [1.82, 2.24) is 9.88 Å². The Kier molecular flexibility index (Phi) is 6.51. The molecule has 1 aliphatic heterocycles. The lowest BCUT2D eigenvalue weighted by atomic mass is 9.99. The van der Waals surface area contributed by atoms with E-state index in [9.17, 15) is 14.7 Å². The fourth-order valence-corrected chi connectivity index (χ4v) is 5.30. The van der Waals surface area contributed by atoms with Crippen molar-refractivity contribution in [2.75, 3.05) is 11.4 Å². The summed E-state index contributed by atoms with van der Waals surface area (Å²) in [7, 11) is 0. The maximum atomic E-state index is 13.8. The molecule has 0 fully saturated rings. The SMILES string of the molecule is Cc1c(-c2ncco2)sc2c1CN(C(C)(C)C(=O)O)C(=O)N2C[C@@H](OC(C)C)c1ccccc1. The number of rotatable bonds is 8. The quantitative estimate of drug-likeness (QED) is 0.456. The molecule has 0 radical (unpaired) electrons. The fraction of sp³-hybridized carbons (Fsp3) is 0.400. The Morgan fingerprint density at radius 2 is 2.00 bits per heavy atom. The van der Waals surface area contributed by atoms with E-state index in [2.05, 4.69) is 4.98 Å². The normalized spacial score (nSPS) is 15.1. The number of urea groups is 1. The molecule has 180 valence electrons. The number of aliphatic carboxylic acids is 1. The number of aromatic nitrogens is 1. The zero-order valence-electron chi connectivity index (χ0n) is 19.9. The average Bonchev–Trinajstić information content (AvgIpc) is 3.43. The predicted molar refractivity (Wildman–Crippen MR) is 130 cm³/mol. The first kappa shape index (κ1) is 24.0. The number of carbonyl (C=O) groups is 2. The molecule has 34 heavy (non-hydrogen) atoms. The summed E-state index contributed by atoms with van der Waals surface area (Å²) < 4.78 is 11.8. The van der Waals surface area contributed by atoms with Crippen LogP contribution in [-0.4, -0.2) is 45.2 Å². The molecule has 2 amide bonds. The Hall–Kier alpha value is -3.17. The standard InChI is InChI=1S/C25H29N3O5S/c1-15(2)33-19(17-9-7-6-8-10-17)14-27-22-18(13-28(24(27)31)25(4,5)23(29)30)16(3)20(34-22)21-26-11-12-32-21/h6-12,15,19H,13-14H2,1-5H3,(H,29,30)/t19-/m1/s1. The van der Waals surface area contributed by atoms with Crippen LogP contribution in [0.25, 0.3) is 10.8 Å². The molecule has 0 unspecified atom stereocenters. The van der Waals surface area contributed by atoms with Gasteiger partial charge in [-0.05, 0) is 45.7 Å². The number of thiophene rings is 1. The highest BCUT2D eigenvalue weighted by Crippen LogP contribution is 2.46. The van der Waals surface area contributed by atoms with Gasteiger partial charge in [0.15, 0.2) is 0 Å². The number of fused-ring (bicyclic) bond motifs is 1. The summed E-state index contributed by atoms with van der Waals surface area (Å²) in [5, 5.41) is 10.7. The van der Waals surface area contributed by atoms with E-state index in [4.69, 9.17) is 9.15 Å². The summed E-state index contributed by atoms with van der Waals surface area (Å²) in [5.41, 5.74) is 1.36. The summed E-state index contributed by atoms with van der Waals surface area (Å²) in [6, 6.07) is 9.38. The van der Waals surface area contributed by atoms with Crippen LogP contribution in [0.3, 0.4) is 0 Å². The van der Waals surface area contributed by atoms with Crippen molar-refractivity contribution in [1.29, 1.82) is 0 Å². The Labute approximate surface area is 202 Å². The highest BCUT2D eigenvalue weighted by atomic mass is 32.1. The molecule has 8 nitrogen and oxygen atoms in total. The van der Waals surface area contributed by atoms with Crippen LogP contribution in [0.1, 0.15) is 50.5 Å². The van der Waals surface area contributed by atoms with Crippen molar-refractivity contribution < 1.29 is 23.8 Å². The highest BCUT2D eigenvalue weighted by Gasteiger charge is 2.45. The van der Waals surface area contributed by atoms with Gasteiger partial charge in [-0.2, -0.15) is 0 Å². The summed E-state index contributed by atoms with van der Waals surface area (Å²) in [5.74, 6) is -0.588. The van der Waals surface area contributed by atoms with Gasteiger partial charge in [0.25, 0.3) is 0 Å². The van der Waals surface area contributed by atoms with E-state index in [-0.39, 0.29) is 25.2 Å². The number of nitrogens with zero attached hydrogens (tertiary/aromatic N) is 3. The number of ether oxygens (including phenoxy) is 1. The zero-order valence-corrected chi connectivity index (χ0v) is 20.8. The minimum atomic E-state index is -1.40. The van der Waals surface area contributed by atoms with E-state index in [0.717, 1.165) is 26.6 Å². The molecule has 1 aromatic carbocycles. The molecule has 3 heterocycles. The van der Waals surface area contributed by atoms with Crippen LogP contribution in [0.5, 0.6) is 0 Å². The average molecular weight is 484 g/mol. The number of hydrogen-bond donors (Lipinski definition) is 1. The second kappa shape index (κ2) is 9.23. The second-order valence-electron chi connectivity index (χ2n) is 9.10. The molecule has 0 aliphatic carbocycles. The minimum absolute atomic E-state index is 0.0657. The van der Waals surface area contributed by atoms with Crippen LogP contribution in [-0.2, 0) is 16.1 Å². The second-order valence-corrected chi connectivity index (χ2v) is 10.1. The number of amides is 2. The molecular weight excluding hydrogens is 454 g/mol. The Morgan fingerprint density at radius 1 is 1.29 bits per heavy atom. The third-order valence-electron chi connectivity index (χ3n) is 6.05. The molecule has 0 bridgehead atoms. The monoisotopic (exact) mass is 483 g/mol. The van der Waals surface area contributed by atoms with Crippen molar-refractivity contribution in [3.05, 3.63) is 59.5 Å². The molecule has 0 saturated heterocycles. The number of carboxylic acid groups (broad SMARTS) is 1. The number of oxazole rings is 1. The minimum Gasteiger partial charge on any atom is -0.480 e. The zero-order chi connectivity index (χ0) is 24.6. The van der Waals surface area contributed by atoms with Crippen LogP contribution >= 0.6 is 11.3 Å². The van der Waals surface area contributed by atoms with Gasteiger partial charge in [-0.3, -0.25) is 4.90 Å². The van der Waals surface area contributed by atoms with Gasteiger partial charge in [-0.15, -0.1) is 11.3 Å². The van der Waals surface area contributed by atoms with Gasteiger partial charge in [0.2, 0.25) is 5.89 Å². The fourth-order valence-electron chi connectivity index (χ4n) is 4.04. The van der Waals surface area contributed by atoms with E-state index < -0.39 is 17.6 Å². The summed E-state index contributed by atoms with van der Waals surface area (Å²) >= 11 is 1.43. The van der Waals surface area contributed by atoms with Gasteiger partial charge >= 0.3 is 12.0 Å². The third kappa shape index (κ3) is 4.33. The number of carboxylic acids is 1. The third-order valence-corrected chi connectivity index (χ3v) is 7.40. The van der Waals surface area contributed by atoms with E-state index in [1.807, 2.05) is 51.1 Å². The van der Waals surface area contributed by atoms with Crippen molar-refractivity contribution in [2.45, 2.75) is 58.9 Å². The van der Waals surface area contributed by atoms with Gasteiger partial charge in [0, 0.05) is 5.56 Å². The van der Waals surface area contributed by atoms with E-state index in [1.165, 1.54) is 22.5 Å². The highest BCUT2D eigenvalue weighted by molar-refractivity contribution is 7.20. The lowest BCUT2D eigenvalue weighted by Crippen LogP contribution is -2.59. The Morgan fingerprint density at radius 3 is 2.59 bits per heavy atom.